The van der Waals surface area contributed by atoms with Crippen LogP contribution in [0.25, 0.3) is 17.3 Å². The molecule has 8 nitrogen and oxygen atoms in total. The number of benzene rings is 1. The van der Waals surface area contributed by atoms with Crippen LogP contribution in [0.3, 0.4) is 0 Å². The van der Waals surface area contributed by atoms with Gasteiger partial charge in [-0.3, -0.25) is 9.36 Å². The average Bonchev–Trinajstić information content (AvgIpc) is 3.27. The summed E-state index contributed by atoms with van der Waals surface area (Å²) in [6, 6.07) is 10.0. The third-order valence-electron chi connectivity index (χ3n) is 6.28. The van der Waals surface area contributed by atoms with Crippen LogP contribution in [0.1, 0.15) is 13.3 Å². The van der Waals surface area contributed by atoms with Gasteiger partial charge >= 0.3 is 0 Å². The lowest BCUT2D eigenvalue weighted by Crippen LogP contribution is -2.70. The van der Waals surface area contributed by atoms with Crippen LogP contribution in [0.15, 0.2) is 48.9 Å². The van der Waals surface area contributed by atoms with E-state index in [0.717, 1.165) is 42.4 Å². The largest absolute Gasteiger partial charge is 0.338 e. The number of rotatable bonds is 3. The van der Waals surface area contributed by atoms with Gasteiger partial charge in [-0.1, -0.05) is 37.3 Å². The van der Waals surface area contributed by atoms with Gasteiger partial charge in [0.2, 0.25) is 5.95 Å². The molecule has 1 aromatic carbocycles. The monoisotopic (exact) mass is 403 g/mol. The Morgan fingerprint density at radius 3 is 2.67 bits per heavy atom. The molecule has 0 aliphatic carbocycles. The van der Waals surface area contributed by atoms with E-state index in [-0.39, 0.29) is 5.91 Å². The first-order valence-corrected chi connectivity index (χ1v) is 10.3. The summed E-state index contributed by atoms with van der Waals surface area (Å²) in [6.07, 6.45) is 6.10. The minimum absolute atomic E-state index is 0.105. The lowest BCUT2D eigenvalue weighted by molar-refractivity contribution is -0.125. The highest BCUT2D eigenvalue weighted by atomic mass is 16.2. The number of imidazole rings is 1. The molecule has 5 rings (SSSR count). The summed E-state index contributed by atoms with van der Waals surface area (Å²) in [7, 11) is 3.89. The number of piperazine rings is 1. The number of likely N-dealkylation sites (N-methyl/N-ethyl adjacent to an activating group) is 2. The Labute approximate surface area is 175 Å². The van der Waals surface area contributed by atoms with Crippen LogP contribution in [0.5, 0.6) is 0 Å². The Kier molecular flexibility index (Phi) is 4.32. The van der Waals surface area contributed by atoms with E-state index in [2.05, 4.69) is 33.7 Å². The summed E-state index contributed by atoms with van der Waals surface area (Å²) >= 11 is 0. The van der Waals surface area contributed by atoms with Crippen LogP contribution in [0.2, 0.25) is 0 Å². The second kappa shape index (κ2) is 6.91. The molecule has 1 unspecified atom stereocenters. The van der Waals surface area contributed by atoms with Gasteiger partial charge in [-0.25, -0.2) is 9.97 Å². The van der Waals surface area contributed by atoms with Crippen LogP contribution in [-0.4, -0.2) is 69.6 Å². The first-order chi connectivity index (χ1) is 14.5. The smallest absolute Gasteiger partial charge is 0.254 e. The van der Waals surface area contributed by atoms with Crippen LogP contribution >= 0.6 is 0 Å². The van der Waals surface area contributed by atoms with Crippen molar-refractivity contribution in [1.29, 1.82) is 0 Å². The number of amides is 1. The van der Waals surface area contributed by atoms with Crippen molar-refractivity contribution in [3.63, 3.8) is 0 Å². The molecule has 2 aromatic heterocycles. The number of anilines is 2. The zero-order chi connectivity index (χ0) is 20.9. The lowest BCUT2D eigenvalue weighted by atomic mass is 9.87. The van der Waals surface area contributed by atoms with Crippen molar-refractivity contribution < 1.29 is 4.79 Å². The number of fused-ring (bicyclic) bond motifs is 3. The van der Waals surface area contributed by atoms with Gasteiger partial charge in [0.25, 0.3) is 5.91 Å². The highest BCUT2D eigenvalue weighted by Crippen LogP contribution is 2.41. The highest BCUT2D eigenvalue weighted by Gasteiger charge is 2.52. The predicted octanol–water partition coefficient (Wildman–Crippen LogP) is 2.21. The van der Waals surface area contributed by atoms with Gasteiger partial charge in [0.1, 0.15) is 17.1 Å². The summed E-state index contributed by atoms with van der Waals surface area (Å²) in [5.74, 6) is 2.26. The molecule has 0 N–H and O–H groups in total. The molecule has 0 radical (unpaired) electrons. The summed E-state index contributed by atoms with van der Waals surface area (Å²) in [5.41, 5.74) is 1.15. The maximum Gasteiger partial charge on any atom is 0.254 e. The van der Waals surface area contributed by atoms with E-state index in [4.69, 9.17) is 4.98 Å². The standard InChI is InChI=1S/C22H25N7O/c1-4-22-15-26(2)12-13-29(22)19-17(27(3)20(22)30)14-24-21(25-19)28-11-10-23-18(28)16-8-6-5-7-9-16/h5-11,14H,4,12-13,15H2,1-3H3. The zero-order valence-corrected chi connectivity index (χ0v) is 17.5. The van der Waals surface area contributed by atoms with Crippen molar-refractivity contribution in [2.24, 2.45) is 0 Å². The summed E-state index contributed by atoms with van der Waals surface area (Å²) < 4.78 is 1.90. The van der Waals surface area contributed by atoms with Crippen molar-refractivity contribution in [3.05, 3.63) is 48.9 Å². The fourth-order valence-corrected chi connectivity index (χ4v) is 4.64. The number of carbonyl (C=O) groups excluding carboxylic acids is 1. The summed E-state index contributed by atoms with van der Waals surface area (Å²) in [4.78, 5) is 33.6. The van der Waals surface area contributed by atoms with Crippen LogP contribution < -0.4 is 9.80 Å². The molecule has 1 fully saturated rings. The SMILES string of the molecule is CCC12CN(C)CCN1c1nc(-n3ccnc3-c3ccccc3)ncc1N(C)C2=O. The van der Waals surface area contributed by atoms with Crippen molar-refractivity contribution in [3.8, 4) is 17.3 Å². The van der Waals surface area contributed by atoms with Gasteiger partial charge in [-0.2, -0.15) is 4.98 Å². The molecule has 4 heterocycles. The third-order valence-corrected chi connectivity index (χ3v) is 6.28. The molecule has 2 aliphatic heterocycles. The van der Waals surface area contributed by atoms with Gasteiger partial charge in [-0.05, 0) is 13.5 Å². The molecule has 154 valence electrons. The van der Waals surface area contributed by atoms with Crippen LogP contribution in [0.4, 0.5) is 11.5 Å². The van der Waals surface area contributed by atoms with E-state index < -0.39 is 5.54 Å². The quantitative estimate of drug-likeness (QED) is 0.668. The normalized spacial score (nSPS) is 21.5. The fraction of sp³-hybridized carbons (Fsp3) is 0.364. The maximum absolute atomic E-state index is 13.4. The molecular weight excluding hydrogens is 378 g/mol. The van der Waals surface area contributed by atoms with E-state index in [1.807, 2.05) is 48.1 Å². The van der Waals surface area contributed by atoms with Gasteiger partial charge in [0.15, 0.2) is 5.82 Å². The van der Waals surface area contributed by atoms with Crippen LogP contribution in [0, 0.1) is 0 Å². The molecule has 30 heavy (non-hydrogen) atoms. The molecular formula is C22H25N7O. The number of carbonyl (C=O) groups is 1. The van der Waals surface area contributed by atoms with E-state index >= 15 is 0 Å². The van der Waals surface area contributed by atoms with E-state index in [1.165, 1.54) is 0 Å². The topological polar surface area (TPSA) is 70.4 Å². The van der Waals surface area contributed by atoms with Crippen molar-refractivity contribution in [1.82, 2.24) is 24.4 Å². The summed E-state index contributed by atoms with van der Waals surface area (Å²) in [6.45, 7) is 4.40. The Morgan fingerprint density at radius 2 is 1.90 bits per heavy atom. The first kappa shape index (κ1) is 18.7. The zero-order valence-electron chi connectivity index (χ0n) is 17.5. The van der Waals surface area contributed by atoms with Crippen molar-refractivity contribution >= 4 is 17.4 Å². The minimum atomic E-state index is -0.600. The van der Waals surface area contributed by atoms with E-state index in [9.17, 15) is 4.79 Å². The molecule has 1 amide bonds. The van der Waals surface area contributed by atoms with Gasteiger partial charge in [0.05, 0.1) is 6.20 Å². The molecule has 0 saturated carbocycles. The molecule has 3 aromatic rings. The van der Waals surface area contributed by atoms with E-state index in [1.54, 1.807) is 17.3 Å². The second-order valence-electron chi connectivity index (χ2n) is 8.00. The molecule has 1 atom stereocenters. The number of hydrogen-bond donors (Lipinski definition) is 0. The Morgan fingerprint density at radius 1 is 1.10 bits per heavy atom. The molecule has 0 spiro atoms. The van der Waals surface area contributed by atoms with Gasteiger partial charge < -0.3 is 14.7 Å². The predicted molar refractivity (Wildman–Crippen MR) is 116 cm³/mol. The van der Waals surface area contributed by atoms with Crippen molar-refractivity contribution in [2.75, 3.05) is 43.5 Å². The third kappa shape index (κ3) is 2.64. The average molecular weight is 403 g/mol. The molecule has 1 saturated heterocycles. The minimum Gasteiger partial charge on any atom is -0.338 e. The Bertz CT molecular complexity index is 1100. The maximum atomic E-state index is 13.4. The summed E-state index contributed by atoms with van der Waals surface area (Å²) in [5, 5.41) is 0. The van der Waals surface area contributed by atoms with E-state index in [0.29, 0.717) is 12.5 Å². The Balaban J connectivity index is 1.64. The van der Waals surface area contributed by atoms with Gasteiger partial charge in [-0.15, -0.1) is 0 Å². The number of aromatic nitrogens is 4. The van der Waals surface area contributed by atoms with Gasteiger partial charge in [0, 0.05) is 44.6 Å². The lowest BCUT2D eigenvalue weighted by Gasteiger charge is -2.53. The second-order valence-corrected chi connectivity index (χ2v) is 8.00. The number of hydrogen-bond acceptors (Lipinski definition) is 6. The fourth-order valence-electron chi connectivity index (χ4n) is 4.64. The first-order valence-electron chi connectivity index (χ1n) is 10.3. The van der Waals surface area contributed by atoms with Crippen molar-refractivity contribution in [2.45, 2.75) is 18.9 Å². The van der Waals surface area contributed by atoms with Crippen LogP contribution in [-0.2, 0) is 4.79 Å². The number of nitrogens with zero attached hydrogens (tertiary/aromatic N) is 7. The Hall–Kier alpha value is -3.26. The molecule has 2 aliphatic rings. The highest BCUT2D eigenvalue weighted by molar-refractivity contribution is 6.07. The molecule has 8 heteroatoms. The molecule has 0 bridgehead atoms.